The van der Waals surface area contributed by atoms with Crippen LogP contribution in [0.5, 0.6) is 0 Å². The van der Waals surface area contributed by atoms with Crippen LogP contribution in [0.15, 0.2) is 24.3 Å². The first-order valence-corrected chi connectivity index (χ1v) is 7.11. The van der Waals surface area contributed by atoms with Crippen LogP contribution in [-0.2, 0) is 4.79 Å². The van der Waals surface area contributed by atoms with Crippen LogP contribution in [0.1, 0.15) is 31.7 Å². The fourth-order valence-corrected chi connectivity index (χ4v) is 2.46. The molecular weight excluding hydrogens is 250 g/mol. The fraction of sp³-hybridized carbons (Fsp3) is 0.500. The summed E-state index contributed by atoms with van der Waals surface area (Å²) in [7, 11) is 0. The normalized spacial score (nSPS) is 15.3. The van der Waals surface area contributed by atoms with Crippen molar-refractivity contribution >= 4 is 11.6 Å². The summed E-state index contributed by atoms with van der Waals surface area (Å²) in [6, 6.07) is 10.6. The standard InChI is InChI=1S/C16H21N3O/c1-13(2)14-3-5-15(6-4-14)18-9-11-19(12-10-18)16(20)7-8-17/h3-6,13H,7,9-12H2,1-2H3. The van der Waals surface area contributed by atoms with E-state index in [-0.39, 0.29) is 12.3 Å². The Morgan fingerprint density at radius 1 is 1.20 bits per heavy atom. The fourth-order valence-electron chi connectivity index (χ4n) is 2.46. The molecule has 2 rings (SSSR count). The Morgan fingerprint density at radius 3 is 2.30 bits per heavy atom. The summed E-state index contributed by atoms with van der Waals surface area (Å²) < 4.78 is 0. The number of rotatable bonds is 3. The molecule has 1 amide bonds. The average Bonchev–Trinajstić information content (AvgIpc) is 2.48. The second-order valence-corrected chi connectivity index (χ2v) is 5.45. The van der Waals surface area contributed by atoms with Crippen molar-refractivity contribution < 1.29 is 4.79 Å². The lowest BCUT2D eigenvalue weighted by molar-refractivity contribution is -0.130. The van der Waals surface area contributed by atoms with Crippen molar-refractivity contribution in [2.75, 3.05) is 31.1 Å². The van der Waals surface area contributed by atoms with Gasteiger partial charge in [0.05, 0.1) is 6.07 Å². The first-order valence-electron chi connectivity index (χ1n) is 7.11. The van der Waals surface area contributed by atoms with Crippen molar-refractivity contribution in [1.29, 1.82) is 5.26 Å². The predicted molar refractivity (Wildman–Crippen MR) is 79.6 cm³/mol. The molecule has 1 aromatic carbocycles. The minimum Gasteiger partial charge on any atom is -0.368 e. The molecule has 1 fully saturated rings. The molecule has 4 heteroatoms. The third-order valence-electron chi connectivity index (χ3n) is 3.79. The van der Waals surface area contributed by atoms with Gasteiger partial charge in [0.1, 0.15) is 6.42 Å². The van der Waals surface area contributed by atoms with Gasteiger partial charge in [0.2, 0.25) is 5.91 Å². The van der Waals surface area contributed by atoms with Crippen LogP contribution in [0.4, 0.5) is 5.69 Å². The Labute approximate surface area is 120 Å². The van der Waals surface area contributed by atoms with Gasteiger partial charge in [-0.2, -0.15) is 5.26 Å². The zero-order valence-electron chi connectivity index (χ0n) is 12.2. The quantitative estimate of drug-likeness (QED) is 0.848. The maximum absolute atomic E-state index is 11.6. The molecule has 0 radical (unpaired) electrons. The first-order chi connectivity index (χ1) is 9.61. The summed E-state index contributed by atoms with van der Waals surface area (Å²) in [5, 5.41) is 8.56. The number of carbonyl (C=O) groups excluding carboxylic acids is 1. The topological polar surface area (TPSA) is 47.3 Å². The molecule has 0 N–H and O–H groups in total. The molecule has 0 unspecified atom stereocenters. The molecule has 1 aliphatic heterocycles. The average molecular weight is 271 g/mol. The molecule has 0 bridgehead atoms. The van der Waals surface area contributed by atoms with Crippen molar-refractivity contribution in [3.8, 4) is 6.07 Å². The van der Waals surface area contributed by atoms with Crippen LogP contribution in [0.3, 0.4) is 0 Å². The minimum absolute atomic E-state index is 0.0108. The van der Waals surface area contributed by atoms with E-state index in [4.69, 9.17) is 5.26 Å². The summed E-state index contributed by atoms with van der Waals surface area (Å²) in [6.07, 6.45) is -0.0108. The van der Waals surface area contributed by atoms with Crippen molar-refractivity contribution in [3.05, 3.63) is 29.8 Å². The highest BCUT2D eigenvalue weighted by molar-refractivity contribution is 5.78. The largest absolute Gasteiger partial charge is 0.368 e. The molecule has 0 atom stereocenters. The summed E-state index contributed by atoms with van der Waals surface area (Å²) >= 11 is 0. The van der Waals surface area contributed by atoms with Crippen molar-refractivity contribution in [2.45, 2.75) is 26.2 Å². The van der Waals surface area contributed by atoms with Gasteiger partial charge in [-0.1, -0.05) is 26.0 Å². The van der Waals surface area contributed by atoms with E-state index >= 15 is 0 Å². The molecule has 1 aromatic rings. The highest BCUT2D eigenvalue weighted by atomic mass is 16.2. The highest BCUT2D eigenvalue weighted by Gasteiger charge is 2.20. The molecule has 0 saturated carbocycles. The van der Waals surface area contributed by atoms with E-state index in [0.717, 1.165) is 13.1 Å². The SMILES string of the molecule is CC(C)c1ccc(N2CCN(C(=O)CC#N)CC2)cc1. The number of piperazine rings is 1. The first kappa shape index (κ1) is 14.4. The van der Waals surface area contributed by atoms with Crippen molar-refractivity contribution in [1.82, 2.24) is 4.90 Å². The van der Waals surface area contributed by atoms with Gasteiger partial charge in [-0.3, -0.25) is 4.79 Å². The third-order valence-corrected chi connectivity index (χ3v) is 3.79. The monoisotopic (exact) mass is 271 g/mol. The number of hydrogen-bond acceptors (Lipinski definition) is 3. The van der Waals surface area contributed by atoms with Gasteiger partial charge in [-0.25, -0.2) is 0 Å². The van der Waals surface area contributed by atoms with E-state index in [1.54, 1.807) is 4.90 Å². The summed E-state index contributed by atoms with van der Waals surface area (Å²) in [5.74, 6) is 0.492. The van der Waals surface area contributed by atoms with Gasteiger partial charge < -0.3 is 9.80 Å². The number of nitriles is 1. The van der Waals surface area contributed by atoms with Gasteiger partial charge in [0.25, 0.3) is 0 Å². The smallest absolute Gasteiger partial charge is 0.236 e. The zero-order valence-corrected chi connectivity index (χ0v) is 12.2. The molecule has 4 nitrogen and oxygen atoms in total. The maximum Gasteiger partial charge on any atom is 0.236 e. The zero-order chi connectivity index (χ0) is 14.5. The summed E-state index contributed by atoms with van der Waals surface area (Å²) in [5.41, 5.74) is 2.55. The van der Waals surface area contributed by atoms with Gasteiger partial charge in [0.15, 0.2) is 0 Å². The van der Waals surface area contributed by atoms with E-state index in [0.29, 0.717) is 19.0 Å². The van der Waals surface area contributed by atoms with Gasteiger partial charge in [0, 0.05) is 31.9 Å². The molecule has 1 aliphatic rings. The van der Waals surface area contributed by atoms with Crippen LogP contribution in [0, 0.1) is 11.3 Å². The number of benzene rings is 1. The Kier molecular flexibility index (Phi) is 4.62. The van der Waals surface area contributed by atoms with Crippen molar-refractivity contribution in [3.63, 3.8) is 0 Å². The molecule has 20 heavy (non-hydrogen) atoms. The molecule has 1 saturated heterocycles. The lowest BCUT2D eigenvalue weighted by atomic mass is 10.0. The van der Waals surface area contributed by atoms with E-state index in [1.807, 2.05) is 6.07 Å². The number of carbonyl (C=O) groups is 1. The van der Waals surface area contributed by atoms with Crippen LogP contribution in [0.25, 0.3) is 0 Å². The van der Waals surface area contributed by atoms with Gasteiger partial charge >= 0.3 is 0 Å². The van der Waals surface area contributed by atoms with Crippen LogP contribution < -0.4 is 4.90 Å². The number of amides is 1. The molecule has 0 aliphatic carbocycles. The van der Waals surface area contributed by atoms with Gasteiger partial charge in [-0.05, 0) is 23.6 Å². The summed E-state index contributed by atoms with van der Waals surface area (Å²) in [4.78, 5) is 15.7. The molecule has 0 spiro atoms. The Balaban J connectivity index is 1.93. The molecule has 106 valence electrons. The van der Waals surface area contributed by atoms with E-state index in [1.165, 1.54) is 11.3 Å². The van der Waals surface area contributed by atoms with Crippen LogP contribution >= 0.6 is 0 Å². The second-order valence-electron chi connectivity index (χ2n) is 5.45. The molecule has 0 aromatic heterocycles. The lowest BCUT2D eigenvalue weighted by Crippen LogP contribution is -2.48. The van der Waals surface area contributed by atoms with Crippen LogP contribution in [-0.4, -0.2) is 37.0 Å². The minimum atomic E-state index is -0.0534. The van der Waals surface area contributed by atoms with E-state index < -0.39 is 0 Å². The van der Waals surface area contributed by atoms with E-state index in [9.17, 15) is 4.79 Å². The lowest BCUT2D eigenvalue weighted by Gasteiger charge is -2.36. The molecule has 1 heterocycles. The number of anilines is 1. The second kappa shape index (κ2) is 6.42. The number of nitrogens with zero attached hydrogens (tertiary/aromatic N) is 3. The molecular formula is C16H21N3O. The van der Waals surface area contributed by atoms with Gasteiger partial charge in [-0.15, -0.1) is 0 Å². The Morgan fingerprint density at radius 2 is 1.80 bits per heavy atom. The highest BCUT2D eigenvalue weighted by Crippen LogP contribution is 2.21. The summed E-state index contributed by atoms with van der Waals surface area (Å²) in [6.45, 7) is 7.44. The Hall–Kier alpha value is -2.02. The predicted octanol–water partition coefficient (Wildman–Crippen LogP) is 2.37. The maximum atomic E-state index is 11.6. The van der Waals surface area contributed by atoms with Crippen LogP contribution in [0.2, 0.25) is 0 Å². The third kappa shape index (κ3) is 3.30. The number of hydrogen-bond donors (Lipinski definition) is 0. The van der Waals surface area contributed by atoms with Crippen molar-refractivity contribution in [2.24, 2.45) is 0 Å². The Bertz CT molecular complexity index is 493. The van der Waals surface area contributed by atoms with E-state index in [2.05, 4.69) is 43.0 Å².